The zero-order valence-corrected chi connectivity index (χ0v) is 12.5. The number of carbonyl (C=O) groups is 1. The highest BCUT2D eigenvalue weighted by Crippen LogP contribution is 2.22. The minimum absolute atomic E-state index is 0.146. The number of esters is 1. The molecule has 0 aliphatic heterocycles. The number of carbonyl (C=O) groups excluding carboxylic acids is 1. The van der Waals surface area contributed by atoms with Crippen molar-refractivity contribution >= 4 is 5.97 Å². The molecular formula is C18H12FN3O2. The van der Waals surface area contributed by atoms with Crippen LogP contribution in [0.25, 0.3) is 11.3 Å². The molecule has 1 heterocycles. The summed E-state index contributed by atoms with van der Waals surface area (Å²) in [6, 6.07) is 15.0. The van der Waals surface area contributed by atoms with Crippen LogP contribution in [0.2, 0.25) is 0 Å². The summed E-state index contributed by atoms with van der Waals surface area (Å²) in [6.07, 6.45) is 1.37. The number of aromatic nitrogens is 2. The van der Waals surface area contributed by atoms with Crippen LogP contribution in [0.3, 0.4) is 0 Å². The van der Waals surface area contributed by atoms with Gasteiger partial charge in [-0.2, -0.15) is 10.4 Å². The van der Waals surface area contributed by atoms with Crippen molar-refractivity contribution in [2.24, 2.45) is 0 Å². The Bertz CT molecular complexity index is 914. The normalized spacial score (nSPS) is 10.2. The second-order valence-electron chi connectivity index (χ2n) is 5.02. The van der Waals surface area contributed by atoms with E-state index in [1.165, 1.54) is 24.4 Å². The summed E-state index contributed by atoms with van der Waals surface area (Å²) in [6.45, 7) is -0.264. The second-order valence-corrected chi connectivity index (χ2v) is 5.02. The predicted octanol–water partition coefficient (Wildman–Crippen LogP) is 3.44. The largest absolute Gasteiger partial charge is 0.457 e. The van der Waals surface area contributed by atoms with Crippen molar-refractivity contribution < 1.29 is 13.9 Å². The van der Waals surface area contributed by atoms with Crippen LogP contribution < -0.4 is 0 Å². The molecule has 0 fully saturated rings. The number of aromatic amines is 1. The monoisotopic (exact) mass is 321 g/mol. The van der Waals surface area contributed by atoms with Gasteiger partial charge in [-0.25, -0.2) is 9.18 Å². The molecule has 0 spiro atoms. The van der Waals surface area contributed by atoms with Crippen molar-refractivity contribution in [2.75, 3.05) is 0 Å². The van der Waals surface area contributed by atoms with Gasteiger partial charge >= 0.3 is 5.97 Å². The van der Waals surface area contributed by atoms with Crippen LogP contribution in [0, 0.1) is 17.1 Å². The molecule has 24 heavy (non-hydrogen) atoms. The molecule has 0 saturated heterocycles. The van der Waals surface area contributed by atoms with E-state index in [1.54, 1.807) is 0 Å². The quantitative estimate of drug-likeness (QED) is 0.747. The van der Waals surface area contributed by atoms with Crippen molar-refractivity contribution in [3.8, 4) is 17.3 Å². The molecule has 1 aromatic heterocycles. The number of benzene rings is 2. The number of nitriles is 1. The van der Waals surface area contributed by atoms with Crippen LogP contribution in [0.5, 0.6) is 0 Å². The number of nitrogens with zero attached hydrogens (tertiary/aromatic N) is 2. The summed E-state index contributed by atoms with van der Waals surface area (Å²) in [4.78, 5) is 12.3. The molecule has 3 aromatic rings. The van der Waals surface area contributed by atoms with Crippen LogP contribution in [0.4, 0.5) is 4.39 Å². The fraction of sp³-hybridized carbons (Fsp3) is 0.0556. The van der Waals surface area contributed by atoms with Crippen molar-refractivity contribution in [1.82, 2.24) is 10.2 Å². The molecule has 0 aliphatic carbocycles. The van der Waals surface area contributed by atoms with Crippen molar-refractivity contribution in [1.29, 1.82) is 5.26 Å². The molecule has 6 heteroatoms. The van der Waals surface area contributed by atoms with Gasteiger partial charge in [0.25, 0.3) is 0 Å². The maximum atomic E-state index is 13.7. The second kappa shape index (κ2) is 6.75. The molecule has 118 valence electrons. The first-order valence-electron chi connectivity index (χ1n) is 7.13. The van der Waals surface area contributed by atoms with E-state index in [9.17, 15) is 9.18 Å². The lowest BCUT2D eigenvalue weighted by Crippen LogP contribution is -2.07. The Balaban J connectivity index is 1.78. The summed E-state index contributed by atoms with van der Waals surface area (Å²) in [5, 5.41) is 15.5. The minimum atomic E-state index is -0.621. The molecule has 0 bridgehead atoms. The van der Waals surface area contributed by atoms with E-state index in [4.69, 9.17) is 10.00 Å². The number of ether oxygens (including phenoxy) is 1. The van der Waals surface area contributed by atoms with Crippen molar-refractivity contribution in [3.63, 3.8) is 0 Å². The average molecular weight is 321 g/mol. The van der Waals surface area contributed by atoms with Gasteiger partial charge in [0, 0.05) is 11.1 Å². The fourth-order valence-corrected chi connectivity index (χ4v) is 2.24. The summed E-state index contributed by atoms with van der Waals surface area (Å²) < 4.78 is 18.9. The molecule has 0 unspecified atom stereocenters. The summed E-state index contributed by atoms with van der Waals surface area (Å²) in [7, 11) is 0. The van der Waals surface area contributed by atoms with Crippen LogP contribution in [0.15, 0.2) is 54.7 Å². The van der Waals surface area contributed by atoms with E-state index in [2.05, 4.69) is 10.2 Å². The highest BCUT2D eigenvalue weighted by molar-refractivity contribution is 5.95. The standard InChI is InChI=1S/C18H12FN3O2/c19-16-7-6-12(9-20)8-14(16)11-24-18(23)15-10-21-22-17(15)13-4-2-1-3-5-13/h1-8,10H,11H2,(H,21,22). The van der Waals surface area contributed by atoms with Crippen molar-refractivity contribution in [3.05, 3.63) is 77.2 Å². The van der Waals surface area contributed by atoms with Gasteiger partial charge in [0.2, 0.25) is 0 Å². The number of rotatable bonds is 4. The van der Waals surface area contributed by atoms with E-state index in [0.29, 0.717) is 11.3 Å². The number of nitrogens with one attached hydrogen (secondary N) is 1. The molecule has 0 aliphatic rings. The van der Waals surface area contributed by atoms with Gasteiger partial charge in [0.05, 0.1) is 23.5 Å². The lowest BCUT2D eigenvalue weighted by atomic mass is 10.1. The van der Waals surface area contributed by atoms with Crippen LogP contribution in [0.1, 0.15) is 21.5 Å². The molecular weight excluding hydrogens is 309 g/mol. The predicted molar refractivity (Wildman–Crippen MR) is 84.3 cm³/mol. The van der Waals surface area contributed by atoms with E-state index < -0.39 is 11.8 Å². The summed E-state index contributed by atoms with van der Waals surface area (Å²) in [5.41, 5.74) is 2.03. The van der Waals surface area contributed by atoms with E-state index in [1.807, 2.05) is 36.4 Å². The zero-order chi connectivity index (χ0) is 16.9. The van der Waals surface area contributed by atoms with Gasteiger partial charge < -0.3 is 4.74 Å². The molecule has 0 saturated carbocycles. The van der Waals surface area contributed by atoms with Gasteiger partial charge in [-0.1, -0.05) is 30.3 Å². The Hall–Kier alpha value is -3.46. The lowest BCUT2D eigenvalue weighted by Gasteiger charge is -2.07. The molecule has 5 nitrogen and oxygen atoms in total. The van der Waals surface area contributed by atoms with E-state index in [0.717, 1.165) is 5.56 Å². The Morgan fingerprint density at radius 1 is 1.25 bits per heavy atom. The first kappa shape index (κ1) is 15.4. The zero-order valence-electron chi connectivity index (χ0n) is 12.5. The van der Waals surface area contributed by atoms with Crippen LogP contribution in [-0.4, -0.2) is 16.2 Å². The van der Waals surface area contributed by atoms with Crippen LogP contribution >= 0.6 is 0 Å². The molecule has 0 atom stereocenters. The number of H-pyrrole nitrogens is 1. The van der Waals surface area contributed by atoms with Crippen LogP contribution in [-0.2, 0) is 11.3 Å². The molecule has 0 amide bonds. The third kappa shape index (κ3) is 3.15. The van der Waals surface area contributed by atoms with E-state index >= 15 is 0 Å². The van der Waals surface area contributed by atoms with E-state index in [-0.39, 0.29) is 17.7 Å². The molecule has 3 rings (SSSR count). The van der Waals surface area contributed by atoms with Gasteiger partial charge in [-0.05, 0) is 18.2 Å². The Morgan fingerprint density at radius 3 is 2.79 bits per heavy atom. The van der Waals surface area contributed by atoms with Gasteiger partial charge in [-0.15, -0.1) is 0 Å². The maximum absolute atomic E-state index is 13.7. The Kier molecular flexibility index (Phi) is 4.34. The summed E-state index contributed by atoms with van der Waals surface area (Å²) in [5.74, 6) is -1.15. The average Bonchev–Trinajstić information content (AvgIpc) is 3.11. The third-order valence-electron chi connectivity index (χ3n) is 3.46. The summed E-state index contributed by atoms with van der Waals surface area (Å²) >= 11 is 0. The smallest absolute Gasteiger partial charge is 0.342 e. The Labute approximate surface area is 137 Å². The Morgan fingerprint density at radius 2 is 2.04 bits per heavy atom. The number of hydrogen-bond donors (Lipinski definition) is 1. The van der Waals surface area contributed by atoms with Gasteiger partial charge in [0.1, 0.15) is 18.0 Å². The first-order valence-corrected chi connectivity index (χ1v) is 7.13. The number of hydrogen-bond acceptors (Lipinski definition) is 4. The molecule has 0 radical (unpaired) electrons. The molecule has 2 aromatic carbocycles. The third-order valence-corrected chi connectivity index (χ3v) is 3.46. The highest BCUT2D eigenvalue weighted by Gasteiger charge is 2.17. The fourth-order valence-electron chi connectivity index (χ4n) is 2.24. The molecule has 1 N–H and O–H groups in total. The minimum Gasteiger partial charge on any atom is -0.457 e. The van der Waals surface area contributed by atoms with Gasteiger partial charge in [-0.3, -0.25) is 5.10 Å². The van der Waals surface area contributed by atoms with Gasteiger partial charge in [0.15, 0.2) is 0 Å². The SMILES string of the molecule is N#Cc1ccc(F)c(COC(=O)c2cn[nH]c2-c2ccccc2)c1. The lowest BCUT2D eigenvalue weighted by molar-refractivity contribution is 0.0470. The maximum Gasteiger partial charge on any atom is 0.342 e. The number of halogens is 1. The first-order chi connectivity index (χ1) is 11.7. The van der Waals surface area contributed by atoms with Crippen molar-refractivity contribution in [2.45, 2.75) is 6.61 Å². The topological polar surface area (TPSA) is 78.8 Å². The highest BCUT2D eigenvalue weighted by atomic mass is 19.1.